The Morgan fingerprint density at radius 1 is 1.14 bits per heavy atom. The van der Waals surface area contributed by atoms with Crippen molar-refractivity contribution in [2.24, 2.45) is 0 Å². The summed E-state index contributed by atoms with van der Waals surface area (Å²) in [4.78, 5) is 12.1. The third kappa shape index (κ3) is 4.69. The van der Waals surface area contributed by atoms with E-state index in [1.807, 2.05) is 49.4 Å². The predicted molar refractivity (Wildman–Crippen MR) is 85.7 cm³/mol. The van der Waals surface area contributed by atoms with Crippen molar-refractivity contribution in [3.8, 4) is 0 Å². The zero-order valence-electron chi connectivity index (χ0n) is 12.7. The van der Waals surface area contributed by atoms with Gasteiger partial charge in [-0.2, -0.15) is 0 Å². The van der Waals surface area contributed by atoms with Crippen LogP contribution in [0.1, 0.15) is 27.6 Å². The van der Waals surface area contributed by atoms with Crippen LogP contribution in [0.2, 0.25) is 0 Å². The highest BCUT2D eigenvalue weighted by Gasteiger charge is 2.14. The molecule has 0 aliphatic rings. The van der Waals surface area contributed by atoms with Crippen molar-refractivity contribution in [2.45, 2.75) is 13.0 Å². The molecule has 116 valence electrons. The van der Waals surface area contributed by atoms with Crippen LogP contribution in [0.25, 0.3) is 0 Å². The first-order valence-electron chi connectivity index (χ1n) is 7.33. The minimum Gasteiger partial charge on any atom is -0.394 e. The molecule has 1 unspecified atom stereocenters. The van der Waals surface area contributed by atoms with Crippen molar-refractivity contribution < 1.29 is 14.6 Å². The molecule has 0 radical (unpaired) electrons. The fraction of sp³-hybridized carbons (Fsp3) is 0.278. The summed E-state index contributed by atoms with van der Waals surface area (Å²) in [5.41, 5.74) is 2.76. The number of carbonyl (C=O) groups excluding carboxylic acids is 1. The summed E-state index contributed by atoms with van der Waals surface area (Å²) in [6, 6.07) is 17.0. The summed E-state index contributed by atoms with van der Waals surface area (Å²) in [6.45, 7) is 2.57. The van der Waals surface area contributed by atoms with E-state index in [0.29, 0.717) is 12.1 Å². The van der Waals surface area contributed by atoms with E-state index in [1.165, 1.54) is 0 Å². The van der Waals surface area contributed by atoms with Gasteiger partial charge in [0.1, 0.15) is 0 Å². The average Bonchev–Trinajstić information content (AvgIpc) is 2.56. The van der Waals surface area contributed by atoms with Crippen molar-refractivity contribution in [2.75, 3.05) is 19.8 Å². The van der Waals surface area contributed by atoms with Crippen LogP contribution in [-0.4, -0.2) is 30.8 Å². The van der Waals surface area contributed by atoms with Gasteiger partial charge >= 0.3 is 0 Å². The molecule has 1 atom stereocenters. The number of carbonyl (C=O) groups is 1. The van der Waals surface area contributed by atoms with Crippen LogP contribution in [0.15, 0.2) is 54.6 Å². The molecule has 4 heteroatoms. The van der Waals surface area contributed by atoms with Crippen molar-refractivity contribution in [3.05, 3.63) is 71.3 Å². The maximum absolute atomic E-state index is 12.1. The van der Waals surface area contributed by atoms with Crippen LogP contribution >= 0.6 is 0 Å². The first-order chi connectivity index (χ1) is 10.7. The third-order valence-electron chi connectivity index (χ3n) is 3.34. The Morgan fingerprint density at radius 3 is 2.45 bits per heavy atom. The van der Waals surface area contributed by atoms with E-state index in [4.69, 9.17) is 9.84 Å². The van der Waals surface area contributed by atoms with Crippen molar-refractivity contribution in [1.82, 2.24) is 5.32 Å². The fourth-order valence-electron chi connectivity index (χ4n) is 2.13. The predicted octanol–water partition coefficient (Wildman–Crippen LogP) is 2.48. The SMILES string of the molecule is Cc1ccc(C(CNC(=O)c2ccccc2)OCCO)cc1. The van der Waals surface area contributed by atoms with Gasteiger partial charge < -0.3 is 15.2 Å². The monoisotopic (exact) mass is 299 g/mol. The van der Waals surface area contributed by atoms with Crippen LogP contribution < -0.4 is 5.32 Å². The zero-order chi connectivity index (χ0) is 15.8. The number of rotatable bonds is 7. The Kier molecular flexibility index (Phi) is 6.13. The second-order valence-corrected chi connectivity index (χ2v) is 5.07. The highest BCUT2D eigenvalue weighted by atomic mass is 16.5. The molecule has 0 saturated heterocycles. The molecule has 0 aromatic heterocycles. The third-order valence-corrected chi connectivity index (χ3v) is 3.34. The molecule has 2 aromatic carbocycles. The minimum absolute atomic E-state index is 0.0466. The van der Waals surface area contributed by atoms with Gasteiger partial charge in [-0.1, -0.05) is 48.0 Å². The topological polar surface area (TPSA) is 58.6 Å². The number of hydrogen-bond donors (Lipinski definition) is 2. The lowest BCUT2D eigenvalue weighted by molar-refractivity contribution is 0.0277. The van der Waals surface area contributed by atoms with Gasteiger partial charge in [-0.05, 0) is 24.6 Å². The average molecular weight is 299 g/mol. The van der Waals surface area contributed by atoms with Crippen LogP contribution in [-0.2, 0) is 4.74 Å². The van der Waals surface area contributed by atoms with Crippen LogP contribution in [0.4, 0.5) is 0 Å². The van der Waals surface area contributed by atoms with Gasteiger partial charge in [-0.15, -0.1) is 0 Å². The number of aliphatic hydroxyl groups is 1. The van der Waals surface area contributed by atoms with Gasteiger partial charge in [0.25, 0.3) is 5.91 Å². The molecular formula is C18H21NO3. The number of aryl methyl sites for hydroxylation is 1. The largest absolute Gasteiger partial charge is 0.394 e. The van der Waals surface area contributed by atoms with Crippen LogP contribution in [0.3, 0.4) is 0 Å². The van der Waals surface area contributed by atoms with E-state index >= 15 is 0 Å². The molecule has 0 heterocycles. The van der Waals surface area contributed by atoms with E-state index in [9.17, 15) is 4.79 Å². The molecule has 22 heavy (non-hydrogen) atoms. The number of amides is 1. The Hall–Kier alpha value is -2.17. The molecule has 2 N–H and O–H groups in total. The first kappa shape index (κ1) is 16.2. The lowest BCUT2D eigenvalue weighted by Gasteiger charge is -2.19. The molecule has 0 spiro atoms. The molecule has 1 amide bonds. The van der Waals surface area contributed by atoms with Gasteiger partial charge in [0, 0.05) is 12.1 Å². The smallest absolute Gasteiger partial charge is 0.251 e. The molecule has 0 bridgehead atoms. The first-order valence-corrected chi connectivity index (χ1v) is 7.33. The molecular weight excluding hydrogens is 278 g/mol. The normalized spacial score (nSPS) is 11.9. The number of aliphatic hydroxyl groups excluding tert-OH is 1. The van der Waals surface area contributed by atoms with Crippen LogP contribution in [0, 0.1) is 6.92 Å². The van der Waals surface area contributed by atoms with E-state index in [-0.39, 0.29) is 25.2 Å². The Morgan fingerprint density at radius 2 is 1.82 bits per heavy atom. The maximum atomic E-state index is 12.1. The molecule has 2 aromatic rings. The van der Waals surface area contributed by atoms with Crippen molar-refractivity contribution in [1.29, 1.82) is 0 Å². The van der Waals surface area contributed by atoms with Crippen molar-refractivity contribution in [3.63, 3.8) is 0 Å². The maximum Gasteiger partial charge on any atom is 0.251 e. The molecule has 0 saturated carbocycles. The van der Waals surface area contributed by atoms with E-state index < -0.39 is 0 Å². The standard InChI is InChI=1S/C18H21NO3/c1-14-7-9-15(10-8-14)17(22-12-11-20)13-19-18(21)16-5-3-2-4-6-16/h2-10,17,20H,11-13H2,1H3,(H,19,21). The highest BCUT2D eigenvalue weighted by Crippen LogP contribution is 2.17. The Bertz CT molecular complexity index is 581. The summed E-state index contributed by atoms with van der Waals surface area (Å²) in [5.74, 6) is -0.134. The van der Waals surface area contributed by atoms with Gasteiger partial charge in [0.05, 0.1) is 19.3 Å². The quantitative estimate of drug-likeness (QED) is 0.826. The summed E-state index contributed by atoms with van der Waals surface area (Å²) < 4.78 is 5.64. The lowest BCUT2D eigenvalue weighted by Crippen LogP contribution is -2.30. The van der Waals surface area contributed by atoms with Gasteiger partial charge in [-0.3, -0.25) is 4.79 Å². The second kappa shape index (κ2) is 8.32. The number of benzene rings is 2. The van der Waals surface area contributed by atoms with Gasteiger partial charge in [0.15, 0.2) is 0 Å². The number of hydrogen-bond acceptors (Lipinski definition) is 3. The van der Waals surface area contributed by atoms with E-state index in [1.54, 1.807) is 12.1 Å². The summed E-state index contributed by atoms with van der Waals surface area (Å²) in [7, 11) is 0. The lowest BCUT2D eigenvalue weighted by atomic mass is 10.1. The molecule has 2 rings (SSSR count). The highest BCUT2D eigenvalue weighted by molar-refractivity contribution is 5.94. The van der Waals surface area contributed by atoms with Crippen LogP contribution in [0.5, 0.6) is 0 Å². The summed E-state index contributed by atoms with van der Waals surface area (Å²) >= 11 is 0. The molecule has 0 aliphatic carbocycles. The Labute approximate surface area is 130 Å². The van der Waals surface area contributed by atoms with E-state index in [2.05, 4.69) is 5.32 Å². The molecule has 0 aliphatic heterocycles. The number of ether oxygens (including phenoxy) is 1. The summed E-state index contributed by atoms with van der Waals surface area (Å²) in [6.07, 6.45) is -0.277. The number of nitrogens with one attached hydrogen (secondary N) is 1. The van der Waals surface area contributed by atoms with Crippen molar-refractivity contribution >= 4 is 5.91 Å². The van der Waals surface area contributed by atoms with E-state index in [0.717, 1.165) is 11.1 Å². The zero-order valence-corrected chi connectivity index (χ0v) is 12.7. The molecule has 4 nitrogen and oxygen atoms in total. The summed E-state index contributed by atoms with van der Waals surface area (Å²) in [5, 5.41) is 11.8. The second-order valence-electron chi connectivity index (χ2n) is 5.07. The van der Waals surface area contributed by atoms with Gasteiger partial charge in [-0.25, -0.2) is 0 Å². The fourth-order valence-corrected chi connectivity index (χ4v) is 2.13. The molecule has 0 fully saturated rings. The minimum atomic E-state index is -0.277. The Balaban J connectivity index is 2.00. The van der Waals surface area contributed by atoms with Gasteiger partial charge in [0.2, 0.25) is 0 Å².